The number of nitrogens with zero attached hydrogens (tertiary/aromatic N) is 1. The van der Waals surface area contributed by atoms with Crippen molar-refractivity contribution in [2.75, 3.05) is 14.2 Å². The van der Waals surface area contributed by atoms with Crippen molar-refractivity contribution in [1.29, 1.82) is 0 Å². The summed E-state index contributed by atoms with van der Waals surface area (Å²) in [5.41, 5.74) is 4.74. The van der Waals surface area contributed by atoms with E-state index in [1.165, 1.54) is 34.6 Å². The Balaban J connectivity index is 1.89. The fourth-order valence-electron chi connectivity index (χ4n) is 4.00. The SMILES string of the molecule is CON(C)C(=O)C1CC1c1ccc2c(c1)C(C)(C)CCC2(C)C. The summed E-state index contributed by atoms with van der Waals surface area (Å²) in [4.78, 5) is 17.3. The van der Waals surface area contributed by atoms with Gasteiger partial charge in [0.05, 0.1) is 7.11 Å². The number of amides is 1. The molecule has 2 unspecified atom stereocenters. The topological polar surface area (TPSA) is 29.5 Å². The Kier molecular flexibility index (Phi) is 3.83. The van der Waals surface area contributed by atoms with Gasteiger partial charge in [-0.05, 0) is 52.7 Å². The second-order valence-electron chi connectivity index (χ2n) is 8.54. The van der Waals surface area contributed by atoms with Gasteiger partial charge in [0.1, 0.15) is 0 Å². The Hall–Kier alpha value is -1.35. The third-order valence-electron chi connectivity index (χ3n) is 6.00. The molecule has 0 saturated heterocycles. The number of fused-ring (bicyclic) bond motifs is 1. The molecule has 2 aliphatic carbocycles. The van der Waals surface area contributed by atoms with E-state index in [1.54, 1.807) is 14.2 Å². The van der Waals surface area contributed by atoms with Crippen LogP contribution in [0.4, 0.5) is 0 Å². The van der Waals surface area contributed by atoms with E-state index in [0.717, 1.165) is 6.42 Å². The highest BCUT2D eigenvalue weighted by atomic mass is 16.7. The third kappa shape index (κ3) is 2.80. The van der Waals surface area contributed by atoms with Crippen molar-refractivity contribution in [3.05, 3.63) is 34.9 Å². The number of carbonyl (C=O) groups excluding carboxylic acids is 1. The van der Waals surface area contributed by atoms with Gasteiger partial charge in [-0.3, -0.25) is 9.63 Å². The average Bonchev–Trinajstić information content (AvgIpc) is 3.30. The van der Waals surface area contributed by atoms with Crippen LogP contribution in [0.5, 0.6) is 0 Å². The zero-order valence-corrected chi connectivity index (χ0v) is 15.3. The molecule has 3 heteroatoms. The summed E-state index contributed by atoms with van der Waals surface area (Å²) in [6.07, 6.45) is 3.39. The van der Waals surface area contributed by atoms with E-state index in [9.17, 15) is 4.79 Å². The lowest BCUT2D eigenvalue weighted by molar-refractivity contribution is -0.170. The molecule has 0 N–H and O–H groups in total. The number of hydrogen-bond acceptors (Lipinski definition) is 2. The summed E-state index contributed by atoms with van der Waals surface area (Å²) >= 11 is 0. The molecule has 2 atom stereocenters. The fourth-order valence-corrected chi connectivity index (χ4v) is 4.00. The molecule has 1 aromatic rings. The molecular formula is C20H29NO2. The summed E-state index contributed by atoms with van der Waals surface area (Å²) in [5.74, 6) is 0.527. The monoisotopic (exact) mass is 315 g/mol. The highest BCUT2D eigenvalue weighted by Gasteiger charge is 2.46. The minimum Gasteiger partial charge on any atom is -0.275 e. The van der Waals surface area contributed by atoms with Crippen molar-refractivity contribution >= 4 is 5.91 Å². The highest BCUT2D eigenvalue weighted by Crippen LogP contribution is 2.51. The smallest absolute Gasteiger partial charge is 0.249 e. The van der Waals surface area contributed by atoms with Crippen LogP contribution >= 0.6 is 0 Å². The quantitative estimate of drug-likeness (QED) is 0.784. The zero-order chi connectivity index (χ0) is 17.0. The third-order valence-corrected chi connectivity index (χ3v) is 6.00. The van der Waals surface area contributed by atoms with E-state index in [1.807, 2.05) is 0 Å². The van der Waals surface area contributed by atoms with Gasteiger partial charge in [-0.2, -0.15) is 0 Å². The van der Waals surface area contributed by atoms with E-state index in [4.69, 9.17) is 4.84 Å². The van der Waals surface area contributed by atoms with Gasteiger partial charge in [-0.15, -0.1) is 0 Å². The number of carbonyl (C=O) groups is 1. The van der Waals surface area contributed by atoms with Gasteiger partial charge < -0.3 is 0 Å². The van der Waals surface area contributed by atoms with Crippen molar-refractivity contribution in [2.24, 2.45) is 5.92 Å². The van der Waals surface area contributed by atoms with Gasteiger partial charge in [0.25, 0.3) is 0 Å². The summed E-state index contributed by atoms with van der Waals surface area (Å²) < 4.78 is 0. The summed E-state index contributed by atoms with van der Waals surface area (Å²) in [7, 11) is 3.23. The molecule has 3 nitrogen and oxygen atoms in total. The fraction of sp³-hybridized carbons (Fsp3) is 0.650. The van der Waals surface area contributed by atoms with Gasteiger partial charge in [-0.25, -0.2) is 5.06 Å². The van der Waals surface area contributed by atoms with Crippen LogP contribution in [0.15, 0.2) is 18.2 Å². The number of hydrogen-bond donors (Lipinski definition) is 0. The van der Waals surface area contributed by atoms with Crippen LogP contribution < -0.4 is 0 Å². The van der Waals surface area contributed by atoms with Crippen LogP contribution in [0.3, 0.4) is 0 Å². The van der Waals surface area contributed by atoms with E-state index in [-0.39, 0.29) is 22.7 Å². The molecule has 3 rings (SSSR count). The average molecular weight is 315 g/mol. The molecule has 0 aliphatic heterocycles. The molecule has 0 aromatic heterocycles. The Bertz CT molecular complexity index is 633. The standard InChI is InChI=1S/C20H29NO2/c1-19(2)9-10-20(3,4)17-11-13(7-8-16(17)19)14-12-15(14)18(22)21(5)23-6/h7-8,11,14-15H,9-10,12H2,1-6H3. The van der Waals surface area contributed by atoms with Crippen LogP contribution in [0.25, 0.3) is 0 Å². The van der Waals surface area contributed by atoms with Gasteiger partial charge in [0.2, 0.25) is 5.91 Å². The van der Waals surface area contributed by atoms with Crippen molar-refractivity contribution in [3.63, 3.8) is 0 Å². The maximum Gasteiger partial charge on any atom is 0.249 e. The highest BCUT2D eigenvalue weighted by molar-refractivity contribution is 5.82. The molecule has 1 saturated carbocycles. The van der Waals surface area contributed by atoms with E-state index in [0.29, 0.717) is 5.92 Å². The maximum absolute atomic E-state index is 12.2. The first-order valence-corrected chi connectivity index (χ1v) is 8.64. The summed E-state index contributed by atoms with van der Waals surface area (Å²) in [6, 6.07) is 6.93. The predicted molar refractivity (Wildman–Crippen MR) is 92.4 cm³/mol. The number of hydroxylamine groups is 2. The largest absolute Gasteiger partial charge is 0.275 e. The van der Waals surface area contributed by atoms with E-state index < -0.39 is 0 Å². The van der Waals surface area contributed by atoms with Gasteiger partial charge >= 0.3 is 0 Å². The van der Waals surface area contributed by atoms with Crippen LogP contribution in [0.2, 0.25) is 0 Å². The maximum atomic E-state index is 12.2. The van der Waals surface area contributed by atoms with Gasteiger partial charge in [0.15, 0.2) is 0 Å². The lowest BCUT2D eigenvalue weighted by Gasteiger charge is -2.42. The molecule has 0 bridgehead atoms. The van der Waals surface area contributed by atoms with Crippen LogP contribution in [0, 0.1) is 5.92 Å². The Morgan fingerprint density at radius 1 is 1.13 bits per heavy atom. The van der Waals surface area contributed by atoms with Gasteiger partial charge in [0, 0.05) is 13.0 Å². The number of benzene rings is 1. The van der Waals surface area contributed by atoms with Crippen LogP contribution in [0.1, 0.15) is 69.6 Å². The molecule has 2 aliphatic rings. The number of rotatable bonds is 3. The lowest BCUT2D eigenvalue weighted by atomic mass is 9.63. The molecule has 23 heavy (non-hydrogen) atoms. The minimum atomic E-state index is 0.0812. The Morgan fingerprint density at radius 3 is 2.35 bits per heavy atom. The summed E-state index contributed by atoms with van der Waals surface area (Å²) in [5, 5.41) is 1.36. The van der Waals surface area contributed by atoms with E-state index in [2.05, 4.69) is 45.9 Å². The molecular weight excluding hydrogens is 286 g/mol. The minimum absolute atomic E-state index is 0.0812. The van der Waals surface area contributed by atoms with Crippen LogP contribution in [-0.4, -0.2) is 25.1 Å². The molecule has 0 spiro atoms. The van der Waals surface area contributed by atoms with Crippen molar-refractivity contribution in [3.8, 4) is 0 Å². The summed E-state index contributed by atoms with van der Waals surface area (Å²) in [6.45, 7) is 9.38. The molecule has 1 fully saturated rings. The second-order valence-corrected chi connectivity index (χ2v) is 8.54. The lowest BCUT2D eigenvalue weighted by Crippen LogP contribution is -2.33. The molecule has 126 valence electrons. The van der Waals surface area contributed by atoms with Crippen molar-refractivity contribution in [1.82, 2.24) is 5.06 Å². The Morgan fingerprint density at radius 2 is 1.74 bits per heavy atom. The van der Waals surface area contributed by atoms with Crippen LogP contribution in [-0.2, 0) is 20.5 Å². The molecule has 0 heterocycles. The zero-order valence-electron chi connectivity index (χ0n) is 15.3. The molecule has 1 aromatic carbocycles. The van der Waals surface area contributed by atoms with E-state index >= 15 is 0 Å². The second kappa shape index (κ2) is 5.34. The Labute approximate surface area is 140 Å². The first-order chi connectivity index (χ1) is 10.7. The van der Waals surface area contributed by atoms with Crippen molar-refractivity contribution < 1.29 is 9.63 Å². The van der Waals surface area contributed by atoms with Crippen molar-refractivity contribution in [2.45, 2.75) is 63.7 Å². The molecule has 0 radical (unpaired) electrons. The van der Waals surface area contributed by atoms with Gasteiger partial charge in [-0.1, -0.05) is 45.9 Å². The predicted octanol–water partition coefficient (Wildman–Crippen LogP) is 4.16. The first-order valence-electron chi connectivity index (χ1n) is 8.64. The normalized spacial score (nSPS) is 27.2. The first kappa shape index (κ1) is 16.5. The molecule has 1 amide bonds.